The number of anilines is 1. The number of nitro groups is 1. The molecule has 2 N–H and O–H groups in total. The Morgan fingerprint density at radius 2 is 2.28 bits per heavy atom. The van der Waals surface area contributed by atoms with Gasteiger partial charge >= 0.3 is 0 Å². The Bertz CT molecular complexity index is 598. The zero-order valence-electron chi connectivity index (χ0n) is 8.75. The number of carbonyl (C=O) groups excluding carboxylic acids is 1. The predicted molar refractivity (Wildman–Crippen MR) is 65.1 cm³/mol. The first-order chi connectivity index (χ1) is 8.58. The third-order valence-corrected chi connectivity index (χ3v) is 2.69. The van der Waals surface area contributed by atoms with E-state index in [0.717, 1.165) is 0 Å². The van der Waals surface area contributed by atoms with E-state index in [0.29, 0.717) is 5.69 Å². The van der Waals surface area contributed by atoms with E-state index in [4.69, 9.17) is 0 Å². The molecule has 0 saturated carbocycles. The van der Waals surface area contributed by atoms with Crippen molar-refractivity contribution in [2.75, 3.05) is 5.32 Å². The van der Waals surface area contributed by atoms with Crippen molar-refractivity contribution in [2.24, 2.45) is 0 Å². The molecule has 1 aromatic carbocycles. The molecule has 92 valence electrons. The van der Waals surface area contributed by atoms with Crippen LogP contribution >= 0.6 is 15.9 Å². The topological polar surface area (TPSA) is 114 Å². The molecule has 8 nitrogen and oxygen atoms in total. The van der Waals surface area contributed by atoms with Crippen molar-refractivity contribution in [3.8, 4) is 0 Å². The van der Waals surface area contributed by atoms with E-state index < -0.39 is 10.8 Å². The highest BCUT2D eigenvalue weighted by Crippen LogP contribution is 2.27. The number of hydrogen-bond acceptors (Lipinski definition) is 5. The smallest absolute Gasteiger partial charge is 0.283 e. The van der Waals surface area contributed by atoms with E-state index in [1.807, 2.05) is 0 Å². The van der Waals surface area contributed by atoms with Gasteiger partial charge in [-0.15, -0.1) is 0 Å². The van der Waals surface area contributed by atoms with Gasteiger partial charge in [0.2, 0.25) is 0 Å². The fraction of sp³-hybridized carbons (Fsp3) is 0. The summed E-state index contributed by atoms with van der Waals surface area (Å²) in [6.07, 6.45) is 1.27. The maximum absolute atomic E-state index is 11.6. The highest BCUT2D eigenvalue weighted by molar-refractivity contribution is 9.10. The van der Waals surface area contributed by atoms with Crippen molar-refractivity contribution in [3.05, 3.63) is 44.7 Å². The van der Waals surface area contributed by atoms with Crippen LogP contribution < -0.4 is 5.32 Å². The molecular weight excluding hydrogens is 306 g/mol. The number of nitrogens with zero attached hydrogens (tertiary/aromatic N) is 3. The molecule has 2 aromatic rings. The summed E-state index contributed by atoms with van der Waals surface area (Å²) in [5.41, 5.74) is 0.472. The first kappa shape index (κ1) is 12.2. The van der Waals surface area contributed by atoms with Crippen LogP contribution in [0, 0.1) is 10.1 Å². The lowest BCUT2D eigenvalue weighted by molar-refractivity contribution is -0.385. The maximum atomic E-state index is 11.6. The summed E-state index contributed by atoms with van der Waals surface area (Å²) in [7, 11) is 0. The van der Waals surface area contributed by atoms with Crippen molar-refractivity contribution >= 4 is 33.2 Å². The van der Waals surface area contributed by atoms with Gasteiger partial charge < -0.3 is 5.32 Å². The van der Waals surface area contributed by atoms with Crippen LogP contribution in [0.1, 0.15) is 10.5 Å². The molecule has 1 amide bonds. The van der Waals surface area contributed by atoms with E-state index in [2.05, 4.69) is 36.7 Å². The lowest BCUT2D eigenvalue weighted by Gasteiger charge is -2.03. The third-order valence-electron chi connectivity index (χ3n) is 2.05. The fourth-order valence-electron chi connectivity index (χ4n) is 1.24. The monoisotopic (exact) mass is 311 g/mol. The molecule has 18 heavy (non-hydrogen) atoms. The quantitative estimate of drug-likeness (QED) is 0.661. The molecule has 0 radical (unpaired) electrons. The van der Waals surface area contributed by atoms with Crippen LogP contribution in [0.3, 0.4) is 0 Å². The normalized spacial score (nSPS) is 10.1. The second-order valence-corrected chi connectivity index (χ2v) is 4.09. The molecule has 0 aliphatic rings. The summed E-state index contributed by atoms with van der Waals surface area (Å²) < 4.78 is 0.283. The lowest BCUT2D eigenvalue weighted by Crippen LogP contribution is -2.12. The zero-order chi connectivity index (χ0) is 13.1. The van der Waals surface area contributed by atoms with Crippen molar-refractivity contribution in [3.63, 3.8) is 0 Å². The molecule has 0 saturated heterocycles. The minimum absolute atomic E-state index is 0.0746. The van der Waals surface area contributed by atoms with Gasteiger partial charge in [-0.1, -0.05) is 0 Å². The van der Waals surface area contributed by atoms with Crippen LogP contribution in [0.5, 0.6) is 0 Å². The van der Waals surface area contributed by atoms with E-state index in [1.165, 1.54) is 24.4 Å². The van der Waals surface area contributed by atoms with Crippen molar-refractivity contribution in [1.29, 1.82) is 0 Å². The number of nitro benzene ring substituents is 1. The van der Waals surface area contributed by atoms with Crippen LogP contribution in [0.4, 0.5) is 11.4 Å². The Kier molecular flexibility index (Phi) is 3.33. The summed E-state index contributed by atoms with van der Waals surface area (Å²) in [4.78, 5) is 21.7. The average molecular weight is 312 g/mol. The fourth-order valence-corrected chi connectivity index (χ4v) is 1.76. The molecule has 0 fully saturated rings. The summed E-state index contributed by atoms with van der Waals surface area (Å²) in [5.74, 6) is -0.454. The molecule has 0 bridgehead atoms. The molecule has 0 aliphatic carbocycles. The summed E-state index contributed by atoms with van der Waals surface area (Å²) in [6.45, 7) is 0. The molecule has 0 atom stereocenters. The van der Waals surface area contributed by atoms with Crippen LogP contribution in [-0.4, -0.2) is 26.2 Å². The number of hydrogen-bond donors (Lipinski definition) is 2. The number of benzene rings is 1. The Morgan fingerprint density at radius 3 is 2.83 bits per heavy atom. The van der Waals surface area contributed by atoms with E-state index >= 15 is 0 Å². The highest BCUT2D eigenvalue weighted by Gasteiger charge is 2.14. The molecular formula is C9H6BrN5O3. The van der Waals surface area contributed by atoms with E-state index in [-0.39, 0.29) is 15.9 Å². The van der Waals surface area contributed by atoms with Gasteiger partial charge in [0.1, 0.15) is 0 Å². The summed E-state index contributed by atoms with van der Waals surface area (Å²) >= 11 is 3.06. The van der Waals surface area contributed by atoms with Gasteiger partial charge in [-0.3, -0.25) is 14.9 Å². The molecule has 0 unspecified atom stereocenters. The van der Waals surface area contributed by atoms with Crippen molar-refractivity contribution in [1.82, 2.24) is 15.4 Å². The summed E-state index contributed by atoms with van der Waals surface area (Å²) in [6, 6.07) is 4.17. The first-order valence-electron chi connectivity index (χ1n) is 4.69. The number of halogens is 1. The Balaban J connectivity index is 2.18. The van der Waals surface area contributed by atoms with Crippen LogP contribution in [0.2, 0.25) is 0 Å². The average Bonchev–Trinajstić information content (AvgIpc) is 2.81. The molecule has 2 rings (SSSR count). The lowest BCUT2D eigenvalue weighted by atomic mass is 10.3. The SMILES string of the molecule is O=C(Nc1ccc([N+](=O)[O-])c(Br)c1)c1cn[nH]n1. The van der Waals surface area contributed by atoms with Gasteiger partial charge in [0.25, 0.3) is 11.6 Å². The zero-order valence-corrected chi connectivity index (χ0v) is 10.3. The number of nitrogens with one attached hydrogen (secondary N) is 2. The minimum Gasteiger partial charge on any atom is -0.320 e. The number of amides is 1. The number of rotatable bonds is 3. The van der Waals surface area contributed by atoms with Gasteiger partial charge in [-0.05, 0) is 28.1 Å². The van der Waals surface area contributed by atoms with Crippen LogP contribution in [0.15, 0.2) is 28.9 Å². The second-order valence-electron chi connectivity index (χ2n) is 3.23. The predicted octanol–water partition coefficient (Wildman–Crippen LogP) is 1.73. The third kappa shape index (κ3) is 2.51. The van der Waals surface area contributed by atoms with E-state index in [1.54, 1.807) is 0 Å². The Morgan fingerprint density at radius 1 is 1.50 bits per heavy atom. The molecule has 1 aromatic heterocycles. The minimum atomic E-state index is -0.521. The number of aromatic amines is 1. The second kappa shape index (κ2) is 4.92. The summed E-state index contributed by atoms with van der Waals surface area (Å²) in [5, 5.41) is 22.6. The standard InChI is InChI=1S/C9H6BrN5O3/c10-6-3-5(1-2-8(6)15(17)18)12-9(16)7-4-11-14-13-7/h1-4H,(H,12,16)(H,11,13,14). The molecule has 1 heterocycles. The van der Waals surface area contributed by atoms with Crippen molar-refractivity contribution < 1.29 is 9.72 Å². The van der Waals surface area contributed by atoms with E-state index in [9.17, 15) is 14.9 Å². The van der Waals surface area contributed by atoms with Crippen LogP contribution in [0.25, 0.3) is 0 Å². The molecule has 0 spiro atoms. The van der Waals surface area contributed by atoms with Gasteiger partial charge in [0, 0.05) is 11.8 Å². The Labute approximate surface area is 109 Å². The largest absolute Gasteiger partial charge is 0.320 e. The number of aromatic nitrogens is 3. The van der Waals surface area contributed by atoms with Gasteiger partial charge in [0.05, 0.1) is 15.6 Å². The maximum Gasteiger partial charge on any atom is 0.283 e. The number of H-pyrrole nitrogens is 1. The van der Waals surface area contributed by atoms with Gasteiger partial charge in [0.15, 0.2) is 5.69 Å². The first-order valence-corrected chi connectivity index (χ1v) is 5.48. The highest BCUT2D eigenvalue weighted by atomic mass is 79.9. The van der Waals surface area contributed by atoms with Crippen molar-refractivity contribution in [2.45, 2.75) is 0 Å². The van der Waals surface area contributed by atoms with Gasteiger partial charge in [-0.25, -0.2) is 0 Å². The van der Waals surface area contributed by atoms with Crippen LogP contribution in [-0.2, 0) is 0 Å². The molecule has 9 heteroatoms. The molecule has 0 aliphatic heterocycles. The Hall–Kier alpha value is -2.29. The number of carbonyl (C=O) groups is 1. The van der Waals surface area contributed by atoms with Gasteiger partial charge in [-0.2, -0.15) is 15.4 Å².